The van der Waals surface area contributed by atoms with Gasteiger partial charge in [-0.3, -0.25) is 4.90 Å². The monoisotopic (exact) mass is 251 g/mol. The zero-order valence-electron chi connectivity index (χ0n) is 11.3. The Hall–Kier alpha value is -1.29. The molecule has 2 unspecified atom stereocenters. The highest BCUT2D eigenvalue weighted by Gasteiger charge is 2.24. The lowest BCUT2D eigenvalue weighted by Crippen LogP contribution is -2.39. The van der Waals surface area contributed by atoms with E-state index in [4.69, 9.17) is 9.52 Å². The minimum atomic E-state index is -0.996. The minimum absolute atomic E-state index is 0.0422. The zero-order chi connectivity index (χ0) is 13.3. The molecule has 1 fully saturated rings. The van der Waals surface area contributed by atoms with Gasteiger partial charge in [0.25, 0.3) is 0 Å². The van der Waals surface area contributed by atoms with Crippen molar-refractivity contribution in [1.82, 2.24) is 4.90 Å². The van der Waals surface area contributed by atoms with Gasteiger partial charge in [0, 0.05) is 18.2 Å². The number of nitrogens with zero attached hydrogens (tertiary/aromatic N) is 1. The predicted molar refractivity (Wildman–Crippen MR) is 68.7 cm³/mol. The van der Waals surface area contributed by atoms with E-state index in [1.54, 1.807) is 6.07 Å². The summed E-state index contributed by atoms with van der Waals surface area (Å²) < 4.78 is 5.25. The number of hydrogen-bond donors (Lipinski definition) is 1. The normalized spacial score (nSPS) is 25.3. The molecule has 1 aromatic heterocycles. The van der Waals surface area contributed by atoms with E-state index in [-0.39, 0.29) is 5.76 Å². The van der Waals surface area contributed by atoms with Crippen LogP contribution in [0.5, 0.6) is 0 Å². The first-order valence-corrected chi connectivity index (χ1v) is 6.54. The van der Waals surface area contributed by atoms with E-state index < -0.39 is 5.97 Å². The van der Waals surface area contributed by atoms with E-state index in [2.05, 4.69) is 18.7 Å². The average molecular weight is 251 g/mol. The molecule has 0 bridgehead atoms. The Kier molecular flexibility index (Phi) is 3.76. The lowest BCUT2D eigenvalue weighted by atomic mass is 9.93. The van der Waals surface area contributed by atoms with Gasteiger partial charge in [-0.05, 0) is 45.2 Å². The van der Waals surface area contributed by atoms with Crippen LogP contribution in [0.3, 0.4) is 0 Å². The highest BCUT2D eigenvalue weighted by Crippen LogP contribution is 2.25. The van der Waals surface area contributed by atoms with Gasteiger partial charge in [0.2, 0.25) is 5.76 Å². The molecule has 2 atom stereocenters. The predicted octanol–water partition coefficient (Wildman–Crippen LogP) is 2.91. The molecule has 2 rings (SSSR count). The van der Waals surface area contributed by atoms with Gasteiger partial charge in [0.1, 0.15) is 5.76 Å². The summed E-state index contributed by atoms with van der Waals surface area (Å²) >= 11 is 0. The van der Waals surface area contributed by atoms with E-state index in [9.17, 15) is 4.79 Å². The number of aromatic carboxylic acids is 1. The van der Waals surface area contributed by atoms with E-state index in [0.29, 0.717) is 6.04 Å². The van der Waals surface area contributed by atoms with E-state index in [1.165, 1.54) is 12.8 Å². The van der Waals surface area contributed by atoms with Crippen LogP contribution in [0.1, 0.15) is 48.6 Å². The van der Waals surface area contributed by atoms with Crippen molar-refractivity contribution in [3.63, 3.8) is 0 Å². The van der Waals surface area contributed by atoms with Crippen LogP contribution >= 0.6 is 0 Å². The number of carboxylic acid groups (broad SMARTS) is 1. The van der Waals surface area contributed by atoms with Gasteiger partial charge in [-0.2, -0.15) is 0 Å². The van der Waals surface area contributed by atoms with Crippen LogP contribution < -0.4 is 0 Å². The molecule has 1 aliphatic heterocycles. The van der Waals surface area contributed by atoms with Crippen LogP contribution in [-0.4, -0.2) is 28.6 Å². The lowest BCUT2D eigenvalue weighted by molar-refractivity contribution is 0.0661. The molecule has 0 amide bonds. The first-order chi connectivity index (χ1) is 8.47. The van der Waals surface area contributed by atoms with Gasteiger partial charge in [0.05, 0.1) is 0 Å². The molecule has 2 heterocycles. The first-order valence-electron chi connectivity index (χ1n) is 6.54. The van der Waals surface area contributed by atoms with Crippen molar-refractivity contribution in [3.05, 3.63) is 23.2 Å². The van der Waals surface area contributed by atoms with Crippen molar-refractivity contribution >= 4 is 5.97 Å². The Bertz CT molecular complexity index is 438. The zero-order valence-corrected chi connectivity index (χ0v) is 11.3. The summed E-state index contributed by atoms with van der Waals surface area (Å²) in [7, 11) is 0. The second kappa shape index (κ2) is 5.14. The summed E-state index contributed by atoms with van der Waals surface area (Å²) in [6.07, 6.45) is 2.43. The number of aryl methyl sites for hydroxylation is 1. The molecule has 0 spiro atoms. The van der Waals surface area contributed by atoms with Gasteiger partial charge in [-0.25, -0.2) is 4.79 Å². The van der Waals surface area contributed by atoms with Crippen molar-refractivity contribution in [2.24, 2.45) is 5.92 Å². The Morgan fingerprint density at radius 1 is 1.56 bits per heavy atom. The summed E-state index contributed by atoms with van der Waals surface area (Å²) in [5.41, 5.74) is 0.994. The largest absolute Gasteiger partial charge is 0.475 e. The highest BCUT2D eigenvalue weighted by atomic mass is 16.4. The number of likely N-dealkylation sites (tertiary alicyclic amines) is 1. The molecule has 1 aromatic rings. The Morgan fingerprint density at radius 3 is 2.83 bits per heavy atom. The number of carbonyl (C=O) groups is 1. The molecule has 100 valence electrons. The third-order valence-corrected chi connectivity index (χ3v) is 3.88. The fraction of sp³-hybridized carbons (Fsp3) is 0.643. The summed E-state index contributed by atoms with van der Waals surface area (Å²) in [5, 5.41) is 8.91. The second-order valence-electron chi connectivity index (χ2n) is 5.45. The number of furan rings is 1. The molecule has 4 nitrogen and oxygen atoms in total. The fourth-order valence-electron chi connectivity index (χ4n) is 2.69. The maximum Gasteiger partial charge on any atom is 0.371 e. The maximum atomic E-state index is 10.9. The van der Waals surface area contributed by atoms with Crippen LogP contribution in [-0.2, 0) is 6.54 Å². The number of carboxylic acids is 1. The molecule has 0 aliphatic carbocycles. The Balaban J connectivity index is 2.07. The van der Waals surface area contributed by atoms with E-state index >= 15 is 0 Å². The molecule has 0 radical (unpaired) electrons. The van der Waals surface area contributed by atoms with Crippen molar-refractivity contribution in [2.75, 3.05) is 6.54 Å². The molecule has 1 N–H and O–H groups in total. The number of hydrogen-bond acceptors (Lipinski definition) is 3. The molecule has 1 aliphatic rings. The van der Waals surface area contributed by atoms with Gasteiger partial charge in [-0.1, -0.05) is 6.92 Å². The smallest absolute Gasteiger partial charge is 0.371 e. The number of rotatable bonds is 3. The van der Waals surface area contributed by atoms with Crippen LogP contribution in [0, 0.1) is 12.8 Å². The highest BCUT2D eigenvalue weighted by molar-refractivity contribution is 5.84. The van der Waals surface area contributed by atoms with Crippen molar-refractivity contribution in [3.8, 4) is 0 Å². The first kappa shape index (κ1) is 13.1. The van der Waals surface area contributed by atoms with Crippen LogP contribution in [0.2, 0.25) is 0 Å². The van der Waals surface area contributed by atoms with Crippen LogP contribution in [0.25, 0.3) is 0 Å². The lowest BCUT2D eigenvalue weighted by Gasteiger charge is -2.36. The maximum absolute atomic E-state index is 10.9. The average Bonchev–Trinajstić information content (AvgIpc) is 2.64. The van der Waals surface area contributed by atoms with Gasteiger partial charge < -0.3 is 9.52 Å². The molecule has 4 heteroatoms. The molecular formula is C14H21NO3. The Labute approximate surface area is 108 Å². The minimum Gasteiger partial charge on any atom is -0.475 e. The van der Waals surface area contributed by atoms with Crippen molar-refractivity contribution < 1.29 is 14.3 Å². The topological polar surface area (TPSA) is 53.7 Å². The molecule has 0 saturated carbocycles. The van der Waals surface area contributed by atoms with Crippen molar-refractivity contribution in [1.29, 1.82) is 0 Å². The summed E-state index contributed by atoms with van der Waals surface area (Å²) in [6.45, 7) is 8.23. The SMILES string of the molecule is Cc1oc(C(=O)O)cc1CN1CCC(C)CC1C. The quantitative estimate of drug-likeness (QED) is 0.897. The molecule has 18 heavy (non-hydrogen) atoms. The standard InChI is InChI=1S/C14H21NO3/c1-9-4-5-15(10(2)6-9)8-12-7-13(14(16)17)18-11(12)3/h7,9-10H,4-6,8H2,1-3H3,(H,16,17). The van der Waals surface area contributed by atoms with E-state index in [1.807, 2.05) is 6.92 Å². The third kappa shape index (κ3) is 2.75. The van der Waals surface area contributed by atoms with Gasteiger partial charge >= 0.3 is 5.97 Å². The molecular weight excluding hydrogens is 230 g/mol. The van der Waals surface area contributed by atoms with Crippen LogP contribution in [0.4, 0.5) is 0 Å². The third-order valence-electron chi connectivity index (χ3n) is 3.88. The fourth-order valence-corrected chi connectivity index (χ4v) is 2.69. The van der Waals surface area contributed by atoms with Gasteiger partial charge in [-0.15, -0.1) is 0 Å². The molecule has 0 aromatic carbocycles. The second-order valence-corrected chi connectivity index (χ2v) is 5.45. The number of piperidine rings is 1. The van der Waals surface area contributed by atoms with Crippen molar-refractivity contribution in [2.45, 2.75) is 46.2 Å². The summed E-state index contributed by atoms with van der Waals surface area (Å²) in [4.78, 5) is 13.3. The van der Waals surface area contributed by atoms with Crippen LogP contribution in [0.15, 0.2) is 10.5 Å². The molecule has 1 saturated heterocycles. The van der Waals surface area contributed by atoms with Gasteiger partial charge in [0.15, 0.2) is 0 Å². The van der Waals surface area contributed by atoms with E-state index in [0.717, 1.165) is 30.3 Å². The Morgan fingerprint density at radius 2 is 2.28 bits per heavy atom. The summed E-state index contributed by atoms with van der Waals surface area (Å²) in [6, 6.07) is 2.21. The summed E-state index contributed by atoms with van der Waals surface area (Å²) in [5.74, 6) is 0.555.